The van der Waals surface area contributed by atoms with E-state index in [-0.39, 0.29) is 153 Å². The topological polar surface area (TPSA) is 454 Å². The molecule has 0 bridgehead atoms. The molecule has 0 spiro atoms. The van der Waals surface area contributed by atoms with Gasteiger partial charge >= 0.3 is 23.4 Å². The number of thioether (sulfide) groups is 1. The number of nitrogens with one attached hydrogen (secondary N) is 10. The number of urea groups is 2. The summed E-state index contributed by atoms with van der Waals surface area (Å²) in [5.41, 5.74) is -2.41. The van der Waals surface area contributed by atoms with Gasteiger partial charge in [-0.1, -0.05) is 122 Å². The summed E-state index contributed by atoms with van der Waals surface area (Å²) >= 11 is 1.08. The number of piperazine rings is 1. The minimum absolute atomic E-state index is 0.0139. The number of nitrogens with zero attached hydrogens (tertiary/aromatic N) is 5. The van der Waals surface area contributed by atoms with Crippen molar-refractivity contribution in [2.45, 2.75) is 284 Å². The summed E-state index contributed by atoms with van der Waals surface area (Å²) in [6.07, 6.45) is 7.05. The van der Waals surface area contributed by atoms with Crippen molar-refractivity contribution in [2.24, 2.45) is 28.1 Å². The number of methoxy groups -OCH3 is 1. The first-order valence-corrected chi connectivity index (χ1v) is 39.9. The first-order valence-electron chi connectivity index (χ1n) is 39.0. The summed E-state index contributed by atoms with van der Waals surface area (Å²) in [7, 11) is 1.53. The van der Waals surface area contributed by atoms with Crippen LogP contribution in [0.25, 0.3) is 0 Å². The van der Waals surface area contributed by atoms with Crippen molar-refractivity contribution in [1.29, 1.82) is 0 Å². The number of carbonyl (C=O) groups is 11. The highest BCUT2D eigenvalue weighted by atomic mass is 32.2. The van der Waals surface area contributed by atoms with E-state index in [9.17, 15) is 85.9 Å². The van der Waals surface area contributed by atoms with Crippen LogP contribution in [-0.2, 0) is 60.3 Å². The van der Waals surface area contributed by atoms with Crippen LogP contribution in [0.1, 0.15) is 251 Å². The lowest BCUT2D eigenvalue weighted by Gasteiger charge is -2.38. The maximum Gasteiger partial charge on any atom is 0.328 e. The summed E-state index contributed by atoms with van der Waals surface area (Å²) in [5, 5.41) is 13.8. The molecule has 6 saturated heterocycles. The Kier molecular flexibility index (Phi) is 38.8. The van der Waals surface area contributed by atoms with Crippen LogP contribution >= 0.6 is 11.8 Å². The highest BCUT2D eigenvalue weighted by Gasteiger charge is 2.42. The van der Waals surface area contributed by atoms with E-state index in [4.69, 9.17) is 4.74 Å². The molecule has 6 fully saturated rings. The Labute approximate surface area is 696 Å². The molecule has 4 aromatic rings. The van der Waals surface area contributed by atoms with Gasteiger partial charge in [-0.05, 0) is 162 Å². The van der Waals surface area contributed by atoms with Crippen LogP contribution in [-0.4, -0.2) is 170 Å². The molecule has 4 aromatic heterocycles. The summed E-state index contributed by atoms with van der Waals surface area (Å²) in [5.74, 6) is -1.88. The van der Waals surface area contributed by atoms with Crippen LogP contribution in [0.3, 0.4) is 0 Å². The Bertz CT molecular complexity index is 4430. The second-order valence-corrected chi connectivity index (χ2v) is 40.1. The molecule has 0 saturated carbocycles. The van der Waals surface area contributed by atoms with E-state index in [1.54, 1.807) is 44.0 Å². The van der Waals surface area contributed by atoms with Crippen molar-refractivity contribution in [1.82, 2.24) is 75.7 Å². The van der Waals surface area contributed by atoms with E-state index in [1.807, 2.05) is 193 Å². The second kappa shape index (κ2) is 43.2. The molecule has 10 rings (SSSR count). The van der Waals surface area contributed by atoms with Crippen LogP contribution in [0.2, 0.25) is 0 Å². The number of amides is 13. The van der Waals surface area contributed by atoms with Gasteiger partial charge in [0.1, 0.15) is 0 Å². The number of aromatic amines is 4. The quantitative estimate of drug-likeness (QED) is 0.0795. The molecule has 662 valence electrons. The van der Waals surface area contributed by atoms with E-state index < -0.39 is 22.6 Å². The van der Waals surface area contributed by atoms with Gasteiger partial charge in [-0.25, -0.2) is 19.2 Å². The molecule has 3 unspecified atom stereocenters. The Morgan fingerprint density at radius 2 is 0.924 bits per heavy atom. The van der Waals surface area contributed by atoms with Gasteiger partial charge in [0.15, 0.2) is 5.88 Å². The van der Waals surface area contributed by atoms with Crippen molar-refractivity contribution >= 4 is 76.3 Å². The average molecular weight is 1680 g/mol. The van der Waals surface area contributed by atoms with Crippen LogP contribution in [0, 0.1) is 33.9 Å². The second-order valence-electron chi connectivity index (χ2n) is 39.0. The van der Waals surface area contributed by atoms with E-state index in [0.29, 0.717) is 51.2 Å². The SMILES string of the molecule is CC(C)(C)C1CC(=O)NC1=O.CC(C)(C)C1CCC(=O)NC1=O.CC(C)(C)C1SC(=O)NC1=O.CC(C)(C)N1CC(=O)NC(=O)C1.CC(C)(C)N1CCC(=O)NC1=O.CC(C)(C)N1CCCNC1=O.CC(C)(C)c1ccc[nH]c1=O.CC(C)(C)n1cc(F)c(=O)[nH]c1=O.CC(C)(C)n1ccc(=O)[nH]c1=O.COc1ccc(C(C)(C)C)c(=O)[nH]1. The molecule has 0 aromatic carbocycles. The lowest BCUT2D eigenvalue weighted by atomic mass is 9.76. The normalized spacial score (nSPS) is 18.1. The minimum Gasteiger partial charge on any atom is -0.482 e. The Morgan fingerprint density at radius 1 is 0.441 bits per heavy atom. The molecule has 6 aliphatic heterocycles. The number of carbonyl (C=O) groups excluding carboxylic acids is 11. The highest BCUT2D eigenvalue weighted by Crippen LogP contribution is 2.35. The Balaban J connectivity index is 0.000000656. The maximum absolute atomic E-state index is 12.8. The number of ether oxygens (including phenoxy) is 1. The number of piperidine rings is 1. The van der Waals surface area contributed by atoms with Crippen molar-refractivity contribution < 1.29 is 61.9 Å². The summed E-state index contributed by atoms with van der Waals surface area (Å²) in [6, 6.07) is 8.41. The predicted octanol–water partition coefficient (Wildman–Crippen LogP) is 8.91. The van der Waals surface area contributed by atoms with Crippen LogP contribution < -0.4 is 70.3 Å². The molecule has 0 aliphatic carbocycles. The zero-order valence-electron chi connectivity index (χ0n) is 75.3. The molecular formula is C83H134FN15O18S. The van der Waals surface area contributed by atoms with Crippen LogP contribution in [0.5, 0.6) is 5.88 Å². The molecule has 118 heavy (non-hydrogen) atoms. The lowest BCUT2D eigenvalue weighted by Crippen LogP contribution is -2.57. The molecule has 10 N–H and O–H groups in total. The number of hydrogen-bond acceptors (Lipinski definition) is 20. The zero-order chi connectivity index (χ0) is 92.0. The number of imide groups is 5. The molecule has 3 atom stereocenters. The van der Waals surface area contributed by atoms with Gasteiger partial charge in [-0.2, -0.15) is 4.39 Å². The smallest absolute Gasteiger partial charge is 0.328 e. The van der Waals surface area contributed by atoms with Crippen LogP contribution in [0.4, 0.5) is 18.8 Å². The largest absolute Gasteiger partial charge is 0.482 e. The van der Waals surface area contributed by atoms with Crippen molar-refractivity contribution in [2.75, 3.05) is 39.8 Å². The maximum atomic E-state index is 12.8. The molecule has 35 heteroatoms. The third-order valence-corrected chi connectivity index (χ3v) is 19.6. The van der Waals surface area contributed by atoms with E-state index in [0.717, 1.165) is 53.2 Å². The van der Waals surface area contributed by atoms with E-state index in [1.165, 1.54) is 23.9 Å². The summed E-state index contributed by atoms with van der Waals surface area (Å²) in [6.45, 7) is 61.6. The molecule has 13 amide bonds. The van der Waals surface area contributed by atoms with Gasteiger partial charge in [-0.15, -0.1) is 0 Å². The molecule has 33 nitrogen and oxygen atoms in total. The molecule has 10 heterocycles. The fourth-order valence-electron chi connectivity index (χ4n) is 11.4. The summed E-state index contributed by atoms with van der Waals surface area (Å²) < 4.78 is 20.3. The number of H-pyrrole nitrogens is 4. The minimum atomic E-state index is -0.981. The monoisotopic (exact) mass is 1680 g/mol. The standard InChI is InChI=1S/C10H15NO2.C9H15NO2.C9H13NO.C8H11FN2O2.2C8H14N2O2.C8H12N2O2.C8H16N2O.C8H13NO2.C7H11NO2S/c1-10(2,3)7-5-6-8(13-4)11-9(7)12;1-9(2,3)6-4-5-7(11)10-8(6)12;1-9(2,3)7-5-4-6-10-8(7)11;1-8(2,3)11-4-5(9)6(12)10-7(11)13;1-8(2,3)10-4-6(11)9-7(12)5-10;2*1-8(2,3)10-5-4-6(11)9-7(10)12;1-8(2,3)10-6-4-5-9-7(10)11;1-8(2,3)5-4-6(10)9-7(5)11;1-7(2,3)4-5(9)8-6(10)11-4/h5-6H,1-4H3,(H,11,12);6H,4-5H2,1-3H3,(H,10,11,12);4-6H,1-3H3,(H,10,11);4H,1-3H3,(H,10,12,13);2*4-5H2,1-3H3,(H,9,11,12);4-5H,1-3H3,(H,9,11,12);4-6H2,1-3H3,(H,9,11);5H,4H2,1-3H3,(H,9,10,11);4H,1-3H3,(H,8,9,10). The average Bonchev–Trinajstić information content (AvgIpc) is 0.848. The first-order chi connectivity index (χ1) is 53.2. The van der Waals surface area contributed by atoms with Gasteiger partial charge in [0.2, 0.25) is 53.1 Å². The highest BCUT2D eigenvalue weighted by molar-refractivity contribution is 8.15. The van der Waals surface area contributed by atoms with Gasteiger partial charge < -0.3 is 24.8 Å². The van der Waals surface area contributed by atoms with Gasteiger partial charge in [0.25, 0.3) is 27.5 Å². The molecule has 0 radical (unpaired) electrons. The predicted molar refractivity (Wildman–Crippen MR) is 455 cm³/mol. The molecular weight excluding hydrogens is 1550 g/mol. The zero-order valence-corrected chi connectivity index (χ0v) is 76.1. The van der Waals surface area contributed by atoms with Crippen molar-refractivity contribution in [3.05, 3.63) is 128 Å². The third-order valence-electron chi connectivity index (χ3n) is 18.1. The number of aromatic nitrogens is 6. The lowest BCUT2D eigenvalue weighted by molar-refractivity contribution is -0.140. The summed E-state index contributed by atoms with van der Waals surface area (Å²) in [4.78, 5) is 202. The van der Waals surface area contributed by atoms with E-state index >= 15 is 0 Å². The number of rotatable bonds is 1. The fraction of sp³-hybridized carbons (Fsp3) is 0.651. The Hall–Kier alpha value is -9.93. The van der Waals surface area contributed by atoms with Crippen LogP contribution in [0.15, 0.2) is 77.7 Å². The third kappa shape index (κ3) is 36.9. The van der Waals surface area contributed by atoms with Gasteiger partial charge in [0.05, 0.1) is 37.6 Å². The van der Waals surface area contributed by atoms with Crippen molar-refractivity contribution in [3.8, 4) is 5.88 Å². The molecule has 6 aliphatic rings. The first kappa shape index (κ1) is 106. The van der Waals surface area contributed by atoms with Gasteiger partial charge in [-0.3, -0.25) is 118 Å². The van der Waals surface area contributed by atoms with Gasteiger partial charge in [0, 0.05) is 102 Å². The number of hydrogen-bond donors (Lipinski definition) is 10. The number of pyridine rings is 2. The Morgan fingerprint density at radius 3 is 1.28 bits per heavy atom. The fourth-order valence-corrected chi connectivity index (χ4v) is 12.2. The van der Waals surface area contributed by atoms with E-state index in [2.05, 4.69) is 67.6 Å². The van der Waals surface area contributed by atoms with Crippen molar-refractivity contribution in [3.63, 3.8) is 0 Å². The number of halogens is 1.